The second kappa shape index (κ2) is 6.78. The molecule has 3 heterocycles. The number of para-hydroxylation sites is 1. The quantitative estimate of drug-likeness (QED) is 0.730. The summed E-state index contributed by atoms with van der Waals surface area (Å²) in [5.41, 5.74) is 3.59. The van der Waals surface area contributed by atoms with Crippen molar-refractivity contribution in [2.75, 3.05) is 13.1 Å². The number of likely N-dealkylation sites (tertiary alicyclic amines) is 1. The third-order valence-electron chi connectivity index (χ3n) is 5.10. The van der Waals surface area contributed by atoms with Crippen LogP contribution in [0.25, 0.3) is 5.69 Å². The zero-order valence-electron chi connectivity index (χ0n) is 15.2. The van der Waals surface area contributed by atoms with Crippen molar-refractivity contribution in [1.29, 1.82) is 0 Å². The maximum absolute atomic E-state index is 13.1. The summed E-state index contributed by atoms with van der Waals surface area (Å²) in [6.07, 6.45) is 5.72. The highest BCUT2D eigenvalue weighted by molar-refractivity contribution is 5.95. The minimum absolute atomic E-state index is 0.0605. The Morgan fingerprint density at radius 1 is 1.19 bits per heavy atom. The van der Waals surface area contributed by atoms with Gasteiger partial charge in [-0.25, -0.2) is 4.68 Å². The number of carbonyl (C=O) groups excluding carboxylic acids is 1. The summed E-state index contributed by atoms with van der Waals surface area (Å²) in [7, 11) is 1.93. The first-order valence-electron chi connectivity index (χ1n) is 9.02. The second-order valence-corrected chi connectivity index (χ2v) is 6.90. The van der Waals surface area contributed by atoms with Crippen LogP contribution < -0.4 is 0 Å². The van der Waals surface area contributed by atoms with Crippen molar-refractivity contribution in [2.45, 2.75) is 25.7 Å². The van der Waals surface area contributed by atoms with E-state index in [2.05, 4.69) is 16.3 Å². The van der Waals surface area contributed by atoms with Gasteiger partial charge in [0.25, 0.3) is 5.91 Å². The average molecular weight is 349 g/mol. The van der Waals surface area contributed by atoms with E-state index in [9.17, 15) is 4.79 Å². The molecule has 0 N–H and O–H groups in total. The first-order chi connectivity index (χ1) is 12.6. The number of benzene rings is 1. The highest BCUT2D eigenvalue weighted by Crippen LogP contribution is 2.27. The summed E-state index contributed by atoms with van der Waals surface area (Å²) in [5, 5.41) is 8.96. The van der Waals surface area contributed by atoms with Gasteiger partial charge in [-0.05, 0) is 38.0 Å². The van der Waals surface area contributed by atoms with Crippen molar-refractivity contribution in [3.8, 4) is 5.69 Å². The van der Waals surface area contributed by atoms with Gasteiger partial charge in [0.05, 0.1) is 28.8 Å². The Labute approximate surface area is 153 Å². The molecule has 1 saturated heterocycles. The zero-order chi connectivity index (χ0) is 18.1. The molecule has 1 amide bonds. The maximum Gasteiger partial charge on any atom is 0.257 e. The number of aryl methyl sites for hydroxylation is 1. The van der Waals surface area contributed by atoms with Crippen LogP contribution in [0.2, 0.25) is 0 Å². The van der Waals surface area contributed by atoms with E-state index in [0.29, 0.717) is 18.0 Å². The van der Waals surface area contributed by atoms with E-state index >= 15 is 0 Å². The van der Waals surface area contributed by atoms with E-state index in [-0.39, 0.29) is 5.91 Å². The van der Waals surface area contributed by atoms with Crippen molar-refractivity contribution < 1.29 is 4.79 Å². The van der Waals surface area contributed by atoms with Crippen LogP contribution in [0.1, 0.15) is 40.5 Å². The molecule has 26 heavy (non-hydrogen) atoms. The van der Waals surface area contributed by atoms with Gasteiger partial charge in [-0.1, -0.05) is 18.2 Å². The molecule has 1 aliphatic heterocycles. The molecule has 6 heteroatoms. The van der Waals surface area contributed by atoms with Gasteiger partial charge in [-0.2, -0.15) is 10.2 Å². The van der Waals surface area contributed by atoms with Crippen LogP contribution in [0.15, 0.2) is 48.8 Å². The highest BCUT2D eigenvalue weighted by Gasteiger charge is 2.28. The van der Waals surface area contributed by atoms with Gasteiger partial charge in [-0.15, -0.1) is 0 Å². The predicted octanol–water partition coefficient (Wildman–Crippen LogP) is 2.93. The number of amides is 1. The van der Waals surface area contributed by atoms with Crippen LogP contribution in [0.5, 0.6) is 0 Å². The summed E-state index contributed by atoms with van der Waals surface area (Å²) in [6.45, 7) is 3.46. The number of rotatable bonds is 3. The van der Waals surface area contributed by atoms with Crippen LogP contribution in [-0.2, 0) is 7.05 Å². The maximum atomic E-state index is 13.1. The van der Waals surface area contributed by atoms with Gasteiger partial charge >= 0.3 is 0 Å². The van der Waals surface area contributed by atoms with E-state index in [1.165, 1.54) is 0 Å². The molecule has 1 aliphatic rings. The van der Waals surface area contributed by atoms with E-state index in [0.717, 1.165) is 36.5 Å². The third-order valence-corrected chi connectivity index (χ3v) is 5.10. The van der Waals surface area contributed by atoms with E-state index in [4.69, 9.17) is 0 Å². The number of nitrogens with zero attached hydrogens (tertiary/aromatic N) is 5. The Morgan fingerprint density at radius 2 is 2.00 bits per heavy atom. The molecule has 1 atom stereocenters. The Kier molecular flexibility index (Phi) is 4.32. The lowest BCUT2D eigenvalue weighted by molar-refractivity contribution is 0.0705. The molecule has 1 fully saturated rings. The van der Waals surface area contributed by atoms with Gasteiger partial charge in [-0.3, -0.25) is 9.48 Å². The van der Waals surface area contributed by atoms with Crippen molar-refractivity contribution >= 4 is 5.91 Å². The van der Waals surface area contributed by atoms with Crippen LogP contribution in [0.3, 0.4) is 0 Å². The molecule has 0 aliphatic carbocycles. The molecule has 0 radical (unpaired) electrons. The van der Waals surface area contributed by atoms with Gasteiger partial charge in [0.2, 0.25) is 0 Å². The Balaban J connectivity index is 1.55. The van der Waals surface area contributed by atoms with Gasteiger partial charge < -0.3 is 4.90 Å². The molecule has 0 bridgehead atoms. The summed E-state index contributed by atoms with van der Waals surface area (Å²) in [5.74, 6) is 0.365. The van der Waals surface area contributed by atoms with E-state index < -0.39 is 0 Å². The molecular formula is C20H23N5O. The normalized spacial score (nSPS) is 17.5. The lowest BCUT2D eigenvalue weighted by Gasteiger charge is -2.32. The first-order valence-corrected chi connectivity index (χ1v) is 9.02. The zero-order valence-corrected chi connectivity index (χ0v) is 15.2. The van der Waals surface area contributed by atoms with Crippen molar-refractivity contribution in [3.05, 3.63) is 65.7 Å². The monoisotopic (exact) mass is 349 g/mol. The fraction of sp³-hybridized carbons (Fsp3) is 0.350. The molecule has 2 aromatic heterocycles. The number of piperidine rings is 1. The molecule has 134 valence electrons. The number of hydrogen-bond donors (Lipinski definition) is 0. The van der Waals surface area contributed by atoms with Crippen LogP contribution in [-0.4, -0.2) is 43.5 Å². The average Bonchev–Trinajstić information content (AvgIpc) is 3.28. The number of aromatic nitrogens is 4. The number of carbonyl (C=O) groups is 1. The lowest BCUT2D eigenvalue weighted by atomic mass is 9.94. The molecule has 0 spiro atoms. The molecule has 1 aromatic carbocycles. The summed E-state index contributed by atoms with van der Waals surface area (Å²) >= 11 is 0. The van der Waals surface area contributed by atoms with E-state index in [1.54, 1.807) is 6.20 Å². The first kappa shape index (κ1) is 16.6. The SMILES string of the molecule is Cc1c(C(=O)N2CCC[C@H](c3ccn(C)n3)C2)cnn1-c1ccccc1. The third kappa shape index (κ3) is 3.03. The molecule has 3 aromatic rings. The molecule has 0 saturated carbocycles. The topological polar surface area (TPSA) is 56.0 Å². The van der Waals surface area contributed by atoms with Crippen LogP contribution in [0, 0.1) is 6.92 Å². The smallest absolute Gasteiger partial charge is 0.257 e. The van der Waals surface area contributed by atoms with Crippen molar-refractivity contribution in [2.24, 2.45) is 7.05 Å². The highest BCUT2D eigenvalue weighted by atomic mass is 16.2. The number of hydrogen-bond acceptors (Lipinski definition) is 3. The lowest BCUT2D eigenvalue weighted by Crippen LogP contribution is -2.39. The summed E-state index contributed by atoms with van der Waals surface area (Å²) < 4.78 is 3.65. The predicted molar refractivity (Wildman–Crippen MR) is 99.4 cm³/mol. The molecule has 6 nitrogen and oxygen atoms in total. The summed E-state index contributed by atoms with van der Waals surface area (Å²) in [6, 6.07) is 12.0. The van der Waals surface area contributed by atoms with Gasteiger partial charge in [0.15, 0.2) is 0 Å². The van der Waals surface area contributed by atoms with Crippen LogP contribution >= 0.6 is 0 Å². The fourth-order valence-corrected chi connectivity index (χ4v) is 3.67. The standard InChI is InChI=1S/C20H23N5O/c1-15-18(13-21-25(15)17-8-4-3-5-9-17)20(26)24-11-6-7-16(14-24)19-10-12-23(2)22-19/h3-5,8-10,12-13,16H,6-7,11,14H2,1-2H3/t16-/m0/s1. The Morgan fingerprint density at radius 3 is 2.73 bits per heavy atom. The Bertz CT molecular complexity index is 911. The van der Waals surface area contributed by atoms with Crippen molar-refractivity contribution in [1.82, 2.24) is 24.5 Å². The molecule has 4 rings (SSSR count). The Hall–Kier alpha value is -2.89. The second-order valence-electron chi connectivity index (χ2n) is 6.90. The van der Waals surface area contributed by atoms with Gasteiger partial charge in [0.1, 0.15) is 0 Å². The van der Waals surface area contributed by atoms with Gasteiger partial charge in [0, 0.05) is 32.3 Å². The van der Waals surface area contributed by atoms with Crippen LogP contribution in [0.4, 0.5) is 0 Å². The van der Waals surface area contributed by atoms with Crippen molar-refractivity contribution in [3.63, 3.8) is 0 Å². The summed E-state index contributed by atoms with van der Waals surface area (Å²) in [4.78, 5) is 15.0. The molecule has 0 unspecified atom stereocenters. The minimum atomic E-state index is 0.0605. The largest absolute Gasteiger partial charge is 0.338 e. The minimum Gasteiger partial charge on any atom is -0.338 e. The molecular weight excluding hydrogens is 326 g/mol. The fourth-order valence-electron chi connectivity index (χ4n) is 3.67. The van der Waals surface area contributed by atoms with E-state index in [1.807, 2.05) is 64.8 Å².